The SMILES string of the molecule is O=C(CCn1cc([N+](=O)[O-])ccc1=O)Nc1c(Cl)cccc1Cl. The number of nitrogens with one attached hydrogen (secondary N) is 1. The topological polar surface area (TPSA) is 94.2 Å². The Morgan fingerprint density at radius 1 is 1.22 bits per heavy atom. The molecule has 7 nitrogen and oxygen atoms in total. The largest absolute Gasteiger partial charge is 0.323 e. The Kier molecular flexibility index (Phi) is 5.36. The van der Waals surface area contributed by atoms with Crippen molar-refractivity contribution in [1.29, 1.82) is 0 Å². The number of hydrogen-bond acceptors (Lipinski definition) is 4. The fourth-order valence-electron chi connectivity index (χ4n) is 1.84. The summed E-state index contributed by atoms with van der Waals surface area (Å²) in [6.45, 7) is -0.00554. The van der Waals surface area contributed by atoms with Gasteiger partial charge >= 0.3 is 0 Å². The van der Waals surface area contributed by atoms with Crippen LogP contribution in [0.2, 0.25) is 10.0 Å². The molecule has 0 spiro atoms. The first-order valence-electron chi connectivity index (χ1n) is 6.47. The molecule has 1 aromatic carbocycles. The van der Waals surface area contributed by atoms with Gasteiger partial charge in [0.25, 0.3) is 11.2 Å². The normalized spacial score (nSPS) is 10.3. The van der Waals surface area contributed by atoms with Crippen molar-refractivity contribution in [2.75, 3.05) is 5.32 Å². The smallest absolute Gasteiger partial charge is 0.285 e. The van der Waals surface area contributed by atoms with Gasteiger partial charge in [-0.2, -0.15) is 0 Å². The summed E-state index contributed by atoms with van der Waals surface area (Å²) in [6.07, 6.45) is 1.03. The van der Waals surface area contributed by atoms with Crippen LogP contribution in [0, 0.1) is 10.1 Å². The number of amides is 1. The number of rotatable bonds is 5. The van der Waals surface area contributed by atoms with Crippen LogP contribution in [0.5, 0.6) is 0 Å². The van der Waals surface area contributed by atoms with Gasteiger partial charge < -0.3 is 9.88 Å². The van der Waals surface area contributed by atoms with Crippen molar-refractivity contribution in [3.63, 3.8) is 0 Å². The first kappa shape index (κ1) is 17.0. The summed E-state index contributed by atoms with van der Waals surface area (Å²) in [5, 5.41) is 13.8. The van der Waals surface area contributed by atoms with Crippen molar-refractivity contribution in [3.8, 4) is 0 Å². The van der Waals surface area contributed by atoms with Crippen molar-refractivity contribution in [3.05, 3.63) is 67.0 Å². The molecule has 0 fully saturated rings. The minimum absolute atomic E-state index is 0.00554. The summed E-state index contributed by atoms with van der Waals surface area (Å²) in [7, 11) is 0. The van der Waals surface area contributed by atoms with Crippen molar-refractivity contribution >= 4 is 40.5 Å². The second kappa shape index (κ2) is 7.26. The Morgan fingerprint density at radius 3 is 2.48 bits per heavy atom. The van der Waals surface area contributed by atoms with E-state index in [1.54, 1.807) is 18.2 Å². The zero-order valence-corrected chi connectivity index (χ0v) is 13.2. The zero-order chi connectivity index (χ0) is 17.0. The fraction of sp³-hybridized carbons (Fsp3) is 0.143. The highest BCUT2D eigenvalue weighted by Gasteiger charge is 2.12. The molecule has 0 saturated heterocycles. The summed E-state index contributed by atoms with van der Waals surface area (Å²) in [5.74, 6) is -0.418. The van der Waals surface area contributed by atoms with Crippen molar-refractivity contribution in [1.82, 2.24) is 4.57 Å². The number of aryl methyl sites for hydroxylation is 1. The molecule has 1 amide bonds. The second-order valence-corrected chi connectivity index (χ2v) is 5.39. The Hall–Kier alpha value is -2.38. The Morgan fingerprint density at radius 2 is 1.87 bits per heavy atom. The van der Waals surface area contributed by atoms with Crippen LogP contribution in [-0.4, -0.2) is 15.4 Å². The van der Waals surface area contributed by atoms with E-state index in [1.807, 2.05) is 0 Å². The third-order valence-corrected chi connectivity index (χ3v) is 3.62. The van der Waals surface area contributed by atoms with Crippen molar-refractivity contribution in [2.45, 2.75) is 13.0 Å². The van der Waals surface area contributed by atoms with E-state index in [0.717, 1.165) is 22.9 Å². The third kappa shape index (κ3) is 4.30. The number of halogens is 2. The molecule has 0 radical (unpaired) electrons. The highest BCUT2D eigenvalue weighted by Crippen LogP contribution is 2.29. The molecule has 1 aromatic heterocycles. The number of nitrogens with zero attached hydrogens (tertiary/aromatic N) is 2. The van der Waals surface area contributed by atoms with Gasteiger partial charge in [0, 0.05) is 25.1 Å². The molecular formula is C14H11Cl2N3O4. The van der Waals surface area contributed by atoms with Gasteiger partial charge in [-0.3, -0.25) is 19.7 Å². The fourth-order valence-corrected chi connectivity index (χ4v) is 2.33. The lowest BCUT2D eigenvalue weighted by molar-refractivity contribution is -0.385. The number of hydrogen-bond donors (Lipinski definition) is 1. The molecule has 2 rings (SSSR count). The summed E-state index contributed by atoms with van der Waals surface area (Å²) in [6, 6.07) is 6.99. The van der Waals surface area contributed by atoms with E-state index >= 15 is 0 Å². The van der Waals surface area contributed by atoms with Crippen molar-refractivity contribution < 1.29 is 9.72 Å². The molecule has 9 heteroatoms. The minimum Gasteiger partial charge on any atom is -0.323 e. The summed E-state index contributed by atoms with van der Waals surface area (Å²) in [5.41, 5.74) is -0.370. The van der Waals surface area contributed by atoms with E-state index in [2.05, 4.69) is 5.32 Å². The lowest BCUT2D eigenvalue weighted by atomic mass is 10.3. The number of pyridine rings is 1. The predicted molar refractivity (Wildman–Crippen MR) is 87.1 cm³/mol. The number of carbonyl (C=O) groups excluding carboxylic acids is 1. The Bertz CT molecular complexity index is 800. The van der Waals surface area contributed by atoms with Crippen LogP contribution in [-0.2, 0) is 11.3 Å². The lowest BCUT2D eigenvalue weighted by Gasteiger charge is -2.09. The van der Waals surface area contributed by atoms with Crippen LogP contribution < -0.4 is 10.9 Å². The van der Waals surface area contributed by atoms with E-state index in [9.17, 15) is 19.7 Å². The molecule has 0 aliphatic rings. The molecule has 0 atom stereocenters. The highest BCUT2D eigenvalue weighted by atomic mass is 35.5. The molecule has 1 heterocycles. The van der Waals surface area contributed by atoms with Gasteiger partial charge in [0.1, 0.15) is 0 Å². The molecule has 0 saturated carbocycles. The average molecular weight is 356 g/mol. The second-order valence-electron chi connectivity index (χ2n) is 4.57. The van der Waals surface area contributed by atoms with E-state index in [1.165, 1.54) is 0 Å². The van der Waals surface area contributed by atoms with E-state index in [-0.39, 0.29) is 24.3 Å². The zero-order valence-electron chi connectivity index (χ0n) is 11.7. The van der Waals surface area contributed by atoms with Gasteiger partial charge in [-0.25, -0.2) is 0 Å². The van der Waals surface area contributed by atoms with Gasteiger partial charge in [-0.1, -0.05) is 29.3 Å². The van der Waals surface area contributed by atoms with Crippen LogP contribution in [0.3, 0.4) is 0 Å². The lowest BCUT2D eigenvalue weighted by Crippen LogP contribution is -2.22. The summed E-state index contributed by atoms with van der Waals surface area (Å²) in [4.78, 5) is 33.7. The summed E-state index contributed by atoms with van der Waals surface area (Å²) < 4.78 is 1.10. The van der Waals surface area contributed by atoms with Gasteiger partial charge in [-0.05, 0) is 12.1 Å². The number of para-hydroxylation sites is 1. The molecular weight excluding hydrogens is 345 g/mol. The molecule has 1 N–H and O–H groups in total. The number of nitro groups is 1. The molecule has 0 bridgehead atoms. The van der Waals surface area contributed by atoms with Crippen molar-refractivity contribution in [2.24, 2.45) is 0 Å². The molecule has 2 aromatic rings. The number of anilines is 1. The quantitative estimate of drug-likeness (QED) is 0.658. The van der Waals surface area contributed by atoms with E-state index in [0.29, 0.717) is 10.0 Å². The van der Waals surface area contributed by atoms with Gasteiger partial charge in [0.2, 0.25) is 5.91 Å². The minimum atomic E-state index is -0.612. The van der Waals surface area contributed by atoms with Gasteiger partial charge in [0.05, 0.1) is 26.9 Å². The maximum absolute atomic E-state index is 11.9. The van der Waals surface area contributed by atoms with Gasteiger partial charge in [0.15, 0.2) is 0 Å². The Balaban J connectivity index is 2.06. The molecule has 23 heavy (non-hydrogen) atoms. The molecule has 120 valence electrons. The average Bonchev–Trinajstić information content (AvgIpc) is 2.50. The maximum atomic E-state index is 11.9. The maximum Gasteiger partial charge on any atom is 0.285 e. The predicted octanol–water partition coefficient (Wildman–Crippen LogP) is 3.09. The first-order chi connectivity index (χ1) is 10.9. The molecule has 0 aliphatic carbocycles. The van der Waals surface area contributed by atoms with Crippen LogP contribution in [0.4, 0.5) is 11.4 Å². The third-order valence-electron chi connectivity index (χ3n) is 2.99. The molecule has 0 aliphatic heterocycles. The summed E-state index contributed by atoms with van der Waals surface area (Å²) >= 11 is 11.9. The van der Waals surface area contributed by atoms with Crippen LogP contribution in [0.1, 0.15) is 6.42 Å². The standard InChI is InChI=1S/C14H11Cl2N3O4/c15-10-2-1-3-11(16)14(10)17-12(20)6-7-18-8-9(19(22)23)4-5-13(18)21/h1-5,8H,6-7H2,(H,17,20). The van der Waals surface area contributed by atoms with Crippen LogP contribution in [0.15, 0.2) is 41.3 Å². The number of benzene rings is 1. The molecule has 0 unspecified atom stereocenters. The van der Waals surface area contributed by atoms with Crippen LogP contribution >= 0.6 is 23.2 Å². The van der Waals surface area contributed by atoms with Crippen LogP contribution in [0.25, 0.3) is 0 Å². The monoisotopic (exact) mass is 355 g/mol. The van der Waals surface area contributed by atoms with Gasteiger partial charge in [-0.15, -0.1) is 0 Å². The van der Waals surface area contributed by atoms with E-state index < -0.39 is 16.4 Å². The van der Waals surface area contributed by atoms with E-state index in [4.69, 9.17) is 23.2 Å². The first-order valence-corrected chi connectivity index (χ1v) is 7.23. The Labute approximate surface area is 140 Å². The highest BCUT2D eigenvalue weighted by molar-refractivity contribution is 6.39. The number of carbonyl (C=O) groups is 1. The number of aromatic nitrogens is 1.